The molecule has 0 saturated heterocycles. The molecule has 1 aromatic rings. The largest absolute Gasteiger partial charge is 0.462 e. The van der Waals surface area contributed by atoms with Crippen LogP contribution in [-0.2, 0) is 9.47 Å². The third-order valence-corrected chi connectivity index (χ3v) is 2.68. The molecule has 1 amide bonds. The molecule has 0 atom stereocenters. The molecule has 0 bridgehead atoms. The number of hydrogen-bond acceptors (Lipinski definition) is 4. The first-order chi connectivity index (χ1) is 10.2. The van der Waals surface area contributed by atoms with E-state index >= 15 is 0 Å². The van der Waals surface area contributed by atoms with Crippen LogP contribution >= 0.6 is 0 Å². The summed E-state index contributed by atoms with van der Waals surface area (Å²) >= 11 is 0. The molecule has 0 radical (unpaired) electrons. The number of esters is 1. The Morgan fingerprint density at radius 1 is 1.09 bits per heavy atom. The highest BCUT2D eigenvalue weighted by Crippen LogP contribution is 2.10. The van der Waals surface area contributed by atoms with Gasteiger partial charge in [0.2, 0.25) is 0 Å². The van der Waals surface area contributed by atoms with Gasteiger partial charge in [-0.15, -0.1) is 0 Å². The minimum atomic E-state index is -0.514. The van der Waals surface area contributed by atoms with E-state index in [4.69, 9.17) is 9.47 Å². The van der Waals surface area contributed by atoms with Crippen molar-refractivity contribution >= 4 is 12.1 Å². The van der Waals surface area contributed by atoms with Crippen LogP contribution in [0.15, 0.2) is 18.2 Å². The predicted molar refractivity (Wildman–Crippen MR) is 85.1 cm³/mol. The number of alkyl carbamates (subject to hydrolysis) is 1. The van der Waals surface area contributed by atoms with Crippen molar-refractivity contribution in [2.24, 2.45) is 0 Å². The van der Waals surface area contributed by atoms with Crippen LogP contribution in [0.1, 0.15) is 48.7 Å². The van der Waals surface area contributed by atoms with Crippen molar-refractivity contribution in [2.45, 2.75) is 46.6 Å². The topological polar surface area (TPSA) is 64.6 Å². The highest BCUT2D eigenvalue weighted by atomic mass is 16.6. The minimum absolute atomic E-state index is 0.252. The predicted octanol–water partition coefficient (Wildman–Crippen LogP) is 3.38. The fourth-order valence-electron chi connectivity index (χ4n) is 1.92. The molecule has 0 aliphatic rings. The second-order valence-corrected chi connectivity index (χ2v) is 6.29. The molecule has 0 aliphatic carbocycles. The molecule has 1 rings (SSSR count). The van der Waals surface area contributed by atoms with Crippen molar-refractivity contribution < 1.29 is 19.1 Å². The second-order valence-electron chi connectivity index (χ2n) is 6.29. The Labute approximate surface area is 132 Å². The highest BCUT2D eigenvalue weighted by Gasteiger charge is 2.15. The second kappa shape index (κ2) is 7.82. The van der Waals surface area contributed by atoms with Crippen molar-refractivity contribution in [1.82, 2.24) is 5.32 Å². The molecule has 22 heavy (non-hydrogen) atoms. The van der Waals surface area contributed by atoms with Gasteiger partial charge in [0.05, 0.1) is 12.2 Å². The van der Waals surface area contributed by atoms with E-state index in [0.717, 1.165) is 11.1 Å². The molecule has 1 aromatic carbocycles. The standard InChI is InChI=1S/C17H25NO4/c1-12-9-13(2)11-14(10-12)15(19)21-8-6-7-18-16(20)22-17(3,4)5/h9-11H,6-8H2,1-5H3,(H,18,20). The van der Waals surface area contributed by atoms with Gasteiger partial charge in [-0.2, -0.15) is 0 Å². The summed E-state index contributed by atoms with van der Waals surface area (Å²) in [6.07, 6.45) is 0.0728. The first kappa shape index (κ1) is 18.0. The normalized spacial score (nSPS) is 11.0. The SMILES string of the molecule is Cc1cc(C)cc(C(=O)OCCCNC(=O)OC(C)(C)C)c1. The summed E-state index contributed by atoms with van der Waals surface area (Å²) in [5, 5.41) is 2.62. The molecular formula is C17H25NO4. The maximum absolute atomic E-state index is 11.9. The lowest BCUT2D eigenvalue weighted by Crippen LogP contribution is -2.33. The lowest BCUT2D eigenvalue weighted by atomic mass is 10.1. The lowest BCUT2D eigenvalue weighted by Gasteiger charge is -2.19. The zero-order chi connectivity index (χ0) is 16.8. The molecular weight excluding hydrogens is 282 g/mol. The van der Waals surface area contributed by atoms with Gasteiger partial charge in [0.25, 0.3) is 0 Å². The molecule has 5 nitrogen and oxygen atoms in total. The summed E-state index contributed by atoms with van der Waals surface area (Å²) in [7, 11) is 0. The van der Waals surface area contributed by atoms with Gasteiger partial charge in [-0.1, -0.05) is 17.2 Å². The van der Waals surface area contributed by atoms with Crippen molar-refractivity contribution in [3.63, 3.8) is 0 Å². The molecule has 0 spiro atoms. The van der Waals surface area contributed by atoms with Crippen LogP contribution in [0, 0.1) is 13.8 Å². The Bertz CT molecular complexity index is 512. The van der Waals surface area contributed by atoms with E-state index in [0.29, 0.717) is 18.5 Å². The van der Waals surface area contributed by atoms with Crippen LogP contribution in [0.4, 0.5) is 4.79 Å². The van der Waals surface area contributed by atoms with Crippen LogP contribution in [0.2, 0.25) is 0 Å². The summed E-state index contributed by atoms with van der Waals surface area (Å²) in [5.74, 6) is -0.343. The first-order valence-corrected chi connectivity index (χ1v) is 7.39. The van der Waals surface area contributed by atoms with Gasteiger partial charge in [-0.3, -0.25) is 0 Å². The number of ether oxygens (including phenoxy) is 2. The van der Waals surface area contributed by atoms with Gasteiger partial charge in [-0.05, 0) is 53.2 Å². The summed E-state index contributed by atoms with van der Waals surface area (Å²) in [6, 6.07) is 5.60. The molecule has 0 saturated carbocycles. The van der Waals surface area contributed by atoms with E-state index in [1.807, 2.05) is 19.9 Å². The van der Waals surface area contributed by atoms with E-state index in [1.165, 1.54) is 0 Å². The fraction of sp³-hybridized carbons (Fsp3) is 0.529. The van der Waals surface area contributed by atoms with E-state index in [1.54, 1.807) is 32.9 Å². The quantitative estimate of drug-likeness (QED) is 0.669. The molecule has 0 heterocycles. The Morgan fingerprint density at radius 3 is 2.23 bits per heavy atom. The zero-order valence-corrected chi connectivity index (χ0v) is 14.0. The van der Waals surface area contributed by atoms with Gasteiger partial charge in [0, 0.05) is 6.54 Å². The van der Waals surface area contributed by atoms with Gasteiger partial charge in [-0.25, -0.2) is 9.59 Å². The fourth-order valence-corrected chi connectivity index (χ4v) is 1.92. The number of carbonyl (C=O) groups is 2. The maximum Gasteiger partial charge on any atom is 0.407 e. The highest BCUT2D eigenvalue weighted by molar-refractivity contribution is 5.89. The Morgan fingerprint density at radius 2 is 1.68 bits per heavy atom. The van der Waals surface area contributed by atoms with E-state index in [2.05, 4.69) is 5.32 Å². The number of carbonyl (C=O) groups excluding carboxylic acids is 2. The summed E-state index contributed by atoms with van der Waals surface area (Å²) in [5.41, 5.74) is 2.09. The molecule has 0 unspecified atom stereocenters. The van der Waals surface area contributed by atoms with Crippen molar-refractivity contribution in [3.05, 3.63) is 34.9 Å². The van der Waals surface area contributed by atoms with Crippen molar-refractivity contribution in [1.29, 1.82) is 0 Å². The van der Waals surface area contributed by atoms with Crippen LogP contribution in [-0.4, -0.2) is 30.8 Å². The van der Waals surface area contributed by atoms with Gasteiger partial charge in [0.1, 0.15) is 5.60 Å². The number of aryl methyl sites for hydroxylation is 2. The Kier molecular flexibility index (Phi) is 6.40. The monoisotopic (exact) mass is 307 g/mol. The Hall–Kier alpha value is -2.04. The number of amides is 1. The molecule has 0 aliphatic heterocycles. The minimum Gasteiger partial charge on any atom is -0.462 e. The number of rotatable bonds is 5. The van der Waals surface area contributed by atoms with Crippen LogP contribution in [0.3, 0.4) is 0 Å². The number of nitrogens with one attached hydrogen (secondary N) is 1. The third-order valence-electron chi connectivity index (χ3n) is 2.68. The Balaban J connectivity index is 2.27. The summed E-state index contributed by atoms with van der Waals surface area (Å²) < 4.78 is 10.3. The van der Waals surface area contributed by atoms with Crippen LogP contribution < -0.4 is 5.32 Å². The number of hydrogen-bond donors (Lipinski definition) is 1. The average Bonchev–Trinajstić information content (AvgIpc) is 2.34. The first-order valence-electron chi connectivity index (χ1n) is 7.39. The van der Waals surface area contributed by atoms with Gasteiger partial charge in [0.15, 0.2) is 0 Å². The molecule has 5 heteroatoms. The maximum atomic E-state index is 11.9. The van der Waals surface area contributed by atoms with Crippen molar-refractivity contribution in [2.75, 3.05) is 13.2 Å². The van der Waals surface area contributed by atoms with Crippen molar-refractivity contribution in [3.8, 4) is 0 Å². The average molecular weight is 307 g/mol. The lowest BCUT2D eigenvalue weighted by molar-refractivity contribution is 0.0483. The van der Waals surface area contributed by atoms with Crippen LogP contribution in [0.25, 0.3) is 0 Å². The molecule has 0 fully saturated rings. The smallest absolute Gasteiger partial charge is 0.407 e. The van der Waals surface area contributed by atoms with E-state index < -0.39 is 11.7 Å². The molecule has 122 valence electrons. The summed E-state index contributed by atoms with van der Waals surface area (Å²) in [6.45, 7) is 9.94. The van der Waals surface area contributed by atoms with Crippen LogP contribution in [0.5, 0.6) is 0 Å². The molecule has 0 aromatic heterocycles. The molecule has 1 N–H and O–H groups in total. The van der Waals surface area contributed by atoms with Gasteiger partial charge < -0.3 is 14.8 Å². The number of benzene rings is 1. The van der Waals surface area contributed by atoms with Gasteiger partial charge >= 0.3 is 12.1 Å². The van der Waals surface area contributed by atoms with E-state index in [-0.39, 0.29) is 12.6 Å². The van der Waals surface area contributed by atoms with E-state index in [9.17, 15) is 9.59 Å². The summed E-state index contributed by atoms with van der Waals surface area (Å²) in [4.78, 5) is 23.3. The third kappa shape index (κ3) is 7.11. The zero-order valence-electron chi connectivity index (χ0n) is 14.0.